The molecule has 0 atom stereocenters. The number of aromatic nitrogens is 2. The lowest BCUT2D eigenvalue weighted by atomic mass is 10.1. The number of hydrogen-bond donors (Lipinski definition) is 0. The summed E-state index contributed by atoms with van der Waals surface area (Å²) in [7, 11) is 1.58. The number of carbonyl (C=O) groups excluding carboxylic acids is 2. The lowest BCUT2D eigenvalue weighted by Crippen LogP contribution is -2.50. The molecule has 0 saturated carbocycles. The first-order chi connectivity index (χ1) is 15.2. The maximum atomic E-state index is 14.3. The standard InChI is InChI=1S/C22H18F4N4O2/c1-28-12-17(20(27-28)15-4-2-13(23)10-18(15)25)22(32)30-8-6-29(7-9-30)21(31)16-5-3-14(24)11-19(16)26/h2-5,10-12H,6-9H2,1H3. The summed E-state index contributed by atoms with van der Waals surface area (Å²) >= 11 is 0. The number of halogens is 4. The Balaban J connectivity index is 1.50. The van der Waals surface area contributed by atoms with Gasteiger partial charge in [0.15, 0.2) is 0 Å². The predicted octanol–water partition coefficient (Wildman–Crippen LogP) is 3.24. The number of nitrogens with zero attached hydrogens (tertiary/aromatic N) is 4. The van der Waals surface area contributed by atoms with Crippen molar-refractivity contribution in [2.75, 3.05) is 26.2 Å². The maximum absolute atomic E-state index is 14.3. The third-order valence-electron chi connectivity index (χ3n) is 5.26. The Hall–Kier alpha value is -3.69. The monoisotopic (exact) mass is 446 g/mol. The van der Waals surface area contributed by atoms with E-state index in [2.05, 4.69) is 5.10 Å². The lowest BCUT2D eigenvalue weighted by Gasteiger charge is -2.34. The van der Waals surface area contributed by atoms with E-state index >= 15 is 0 Å². The highest BCUT2D eigenvalue weighted by molar-refractivity contribution is 6.00. The molecule has 0 bridgehead atoms. The van der Waals surface area contributed by atoms with Crippen molar-refractivity contribution in [1.29, 1.82) is 0 Å². The van der Waals surface area contributed by atoms with E-state index in [4.69, 9.17) is 0 Å². The van der Waals surface area contributed by atoms with E-state index in [1.54, 1.807) is 7.05 Å². The molecule has 10 heteroatoms. The lowest BCUT2D eigenvalue weighted by molar-refractivity contribution is 0.0533. The molecule has 0 unspecified atom stereocenters. The fourth-order valence-corrected chi connectivity index (χ4v) is 3.64. The van der Waals surface area contributed by atoms with Gasteiger partial charge in [0.2, 0.25) is 0 Å². The van der Waals surface area contributed by atoms with Crippen LogP contribution in [0, 0.1) is 23.3 Å². The topological polar surface area (TPSA) is 58.4 Å². The summed E-state index contributed by atoms with van der Waals surface area (Å²) in [6.07, 6.45) is 1.45. The van der Waals surface area contributed by atoms with Gasteiger partial charge < -0.3 is 9.80 Å². The minimum atomic E-state index is -0.949. The fraction of sp³-hybridized carbons (Fsp3) is 0.227. The van der Waals surface area contributed by atoms with Crippen molar-refractivity contribution in [2.24, 2.45) is 7.05 Å². The summed E-state index contributed by atoms with van der Waals surface area (Å²) < 4.78 is 55.9. The molecule has 1 aromatic heterocycles. The molecule has 2 amide bonds. The Morgan fingerprint density at radius 2 is 1.31 bits per heavy atom. The molecular weight excluding hydrogens is 428 g/mol. The van der Waals surface area contributed by atoms with Crippen LogP contribution >= 0.6 is 0 Å². The van der Waals surface area contributed by atoms with Crippen LogP contribution in [0.1, 0.15) is 20.7 Å². The number of carbonyl (C=O) groups is 2. The molecule has 1 aliphatic rings. The molecule has 2 aromatic carbocycles. The first-order valence-electron chi connectivity index (χ1n) is 9.77. The van der Waals surface area contributed by atoms with Gasteiger partial charge in [0.1, 0.15) is 29.0 Å². The fourth-order valence-electron chi connectivity index (χ4n) is 3.64. The van der Waals surface area contributed by atoms with Crippen LogP contribution in [0.15, 0.2) is 42.6 Å². The molecule has 0 radical (unpaired) electrons. The largest absolute Gasteiger partial charge is 0.335 e. The zero-order valence-corrected chi connectivity index (χ0v) is 17.0. The van der Waals surface area contributed by atoms with Crippen LogP contribution < -0.4 is 0 Å². The van der Waals surface area contributed by atoms with Crippen molar-refractivity contribution < 1.29 is 27.2 Å². The van der Waals surface area contributed by atoms with Gasteiger partial charge >= 0.3 is 0 Å². The second-order valence-corrected chi connectivity index (χ2v) is 7.40. The van der Waals surface area contributed by atoms with Crippen LogP contribution in [0.4, 0.5) is 17.6 Å². The van der Waals surface area contributed by atoms with Crippen LogP contribution in [0.5, 0.6) is 0 Å². The molecule has 3 aromatic rings. The molecule has 166 valence electrons. The Bertz CT molecular complexity index is 1200. The van der Waals surface area contributed by atoms with Crippen molar-refractivity contribution in [2.45, 2.75) is 0 Å². The zero-order chi connectivity index (χ0) is 23.0. The Morgan fingerprint density at radius 1 is 0.781 bits per heavy atom. The molecule has 1 fully saturated rings. The molecule has 32 heavy (non-hydrogen) atoms. The van der Waals surface area contributed by atoms with Gasteiger partial charge in [-0.25, -0.2) is 17.6 Å². The van der Waals surface area contributed by atoms with Gasteiger partial charge in [0, 0.05) is 57.1 Å². The summed E-state index contributed by atoms with van der Waals surface area (Å²) in [5, 5.41) is 4.16. The normalized spacial score (nSPS) is 14.0. The average Bonchev–Trinajstić information content (AvgIpc) is 3.14. The minimum absolute atomic E-state index is 0.00375. The third-order valence-corrected chi connectivity index (χ3v) is 5.26. The Labute approximate surface area is 180 Å². The van der Waals surface area contributed by atoms with Gasteiger partial charge in [0.05, 0.1) is 11.1 Å². The zero-order valence-electron chi connectivity index (χ0n) is 17.0. The summed E-state index contributed by atoms with van der Waals surface area (Å²) in [5.74, 6) is -4.32. The second-order valence-electron chi connectivity index (χ2n) is 7.40. The van der Waals surface area contributed by atoms with Crippen molar-refractivity contribution in [3.8, 4) is 11.3 Å². The number of benzene rings is 2. The highest BCUT2D eigenvalue weighted by Crippen LogP contribution is 2.27. The maximum Gasteiger partial charge on any atom is 0.257 e. The summed E-state index contributed by atoms with van der Waals surface area (Å²) in [4.78, 5) is 28.5. The molecular formula is C22H18F4N4O2. The molecule has 0 spiro atoms. The van der Waals surface area contributed by atoms with E-state index in [1.807, 2.05) is 0 Å². The van der Waals surface area contributed by atoms with E-state index < -0.39 is 35.1 Å². The number of aryl methyl sites for hydroxylation is 1. The van der Waals surface area contributed by atoms with Gasteiger partial charge in [-0.05, 0) is 24.3 Å². The van der Waals surface area contributed by atoms with Crippen LogP contribution in [-0.2, 0) is 7.05 Å². The number of piperazine rings is 1. The third kappa shape index (κ3) is 4.08. The highest BCUT2D eigenvalue weighted by Gasteiger charge is 2.29. The van der Waals surface area contributed by atoms with Gasteiger partial charge in [-0.1, -0.05) is 0 Å². The van der Waals surface area contributed by atoms with E-state index in [0.717, 1.165) is 24.3 Å². The van der Waals surface area contributed by atoms with Gasteiger partial charge in [-0.15, -0.1) is 0 Å². The summed E-state index contributed by atoms with van der Waals surface area (Å²) in [5.41, 5.74) is -0.0206. The van der Waals surface area contributed by atoms with Gasteiger partial charge in [0.25, 0.3) is 11.8 Å². The smallest absolute Gasteiger partial charge is 0.257 e. The van der Waals surface area contributed by atoms with E-state index in [-0.39, 0.29) is 48.6 Å². The van der Waals surface area contributed by atoms with Crippen LogP contribution in [0.25, 0.3) is 11.3 Å². The predicted molar refractivity (Wildman–Crippen MR) is 107 cm³/mol. The number of rotatable bonds is 3. The molecule has 0 N–H and O–H groups in total. The van der Waals surface area contributed by atoms with Crippen LogP contribution in [0.2, 0.25) is 0 Å². The van der Waals surface area contributed by atoms with Gasteiger partial charge in [-0.2, -0.15) is 5.10 Å². The molecule has 0 aliphatic carbocycles. The molecule has 1 saturated heterocycles. The molecule has 1 aliphatic heterocycles. The van der Waals surface area contributed by atoms with Crippen LogP contribution in [-0.4, -0.2) is 57.6 Å². The quantitative estimate of drug-likeness (QED) is 0.581. The second kappa shape index (κ2) is 8.45. The van der Waals surface area contributed by atoms with E-state index in [1.165, 1.54) is 26.7 Å². The van der Waals surface area contributed by atoms with E-state index in [0.29, 0.717) is 6.07 Å². The number of amides is 2. The highest BCUT2D eigenvalue weighted by atomic mass is 19.1. The average molecular weight is 446 g/mol. The Morgan fingerprint density at radius 3 is 1.88 bits per heavy atom. The van der Waals surface area contributed by atoms with E-state index in [9.17, 15) is 27.2 Å². The molecule has 2 heterocycles. The van der Waals surface area contributed by atoms with Crippen LogP contribution in [0.3, 0.4) is 0 Å². The molecule has 6 nitrogen and oxygen atoms in total. The summed E-state index contributed by atoms with van der Waals surface area (Å²) in [6.45, 7) is 0.602. The first-order valence-corrected chi connectivity index (χ1v) is 9.77. The van der Waals surface area contributed by atoms with Crippen molar-refractivity contribution in [3.63, 3.8) is 0 Å². The van der Waals surface area contributed by atoms with Crippen molar-refractivity contribution in [3.05, 3.63) is 77.0 Å². The minimum Gasteiger partial charge on any atom is -0.335 e. The van der Waals surface area contributed by atoms with Crippen molar-refractivity contribution in [1.82, 2.24) is 19.6 Å². The molecule has 4 rings (SSSR count). The van der Waals surface area contributed by atoms with Crippen molar-refractivity contribution >= 4 is 11.8 Å². The van der Waals surface area contributed by atoms with Gasteiger partial charge in [-0.3, -0.25) is 14.3 Å². The SMILES string of the molecule is Cn1cc(C(=O)N2CCN(C(=O)c3ccc(F)cc3F)CC2)c(-c2ccc(F)cc2F)n1. The number of hydrogen-bond acceptors (Lipinski definition) is 3. The Kier molecular flexibility index (Phi) is 5.68. The first kappa shape index (κ1) is 21.5. The summed E-state index contributed by atoms with van der Waals surface area (Å²) in [6, 6.07) is 5.76.